The van der Waals surface area contributed by atoms with Crippen molar-refractivity contribution in [1.29, 1.82) is 0 Å². The first-order valence-corrected chi connectivity index (χ1v) is 10.8. The molecule has 3 aromatic rings. The lowest BCUT2D eigenvalue weighted by molar-refractivity contribution is -0.134. The molecule has 1 fully saturated rings. The van der Waals surface area contributed by atoms with Crippen molar-refractivity contribution in [3.05, 3.63) is 70.7 Å². The monoisotopic (exact) mass is 407 g/mol. The molecule has 1 aliphatic rings. The molecule has 0 radical (unpaired) electrons. The van der Waals surface area contributed by atoms with Gasteiger partial charge in [0.25, 0.3) is 0 Å². The van der Waals surface area contributed by atoms with Crippen molar-refractivity contribution >= 4 is 17.0 Å². The lowest BCUT2D eigenvalue weighted by Gasteiger charge is -2.25. The highest BCUT2D eigenvalue weighted by molar-refractivity contribution is 5.83. The van der Waals surface area contributed by atoms with E-state index in [0.29, 0.717) is 17.6 Å². The number of amides is 1. The second-order valence-corrected chi connectivity index (χ2v) is 7.99. The number of rotatable bonds is 6. The molecular formula is C24H29N3O3. The summed E-state index contributed by atoms with van der Waals surface area (Å²) in [7, 11) is 0. The number of fused-ring (bicyclic) bond motifs is 1. The van der Waals surface area contributed by atoms with Gasteiger partial charge in [0, 0.05) is 19.6 Å². The van der Waals surface area contributed by atoms with E-state index in [-0.39, 0.29) is 5.91 Å². The number of aromatic nitrogens is 1. The first-order valence-electron chi connectivity index (χ1n) is 10.8. The molecule has 30 heavy (non-hydrogen) atoms. The average Bonchev–Trinajstić information content (AvgIpc) is 2.93. The molecule has 2 heterocycles. The summed E-state index contributed by atoms with van der Waals surface area (Å²) in [5.41, 5.74) is 2.55. The Morgan fingerprint density at radius 1 is 1.00 bits per heavy atom. The maximum absolute atomic E-state index is 13.2. The normalized spacial score (nSPS) is 16.5. The molecule has 1 saturated heterocycles. The molecule has 158 valence electrons. The van der Waals surface area contributed by atoms with Crippen molar-refractivity contribution in [2.24, 2.45) is 0 Å². The van der Waals surface area contributed by atoms with Gasteiger partial charge in [-0.2, -0.15) is 0 Å². The molecule has 1 atom stereocenters. The first kappa shape index (κ1) is 20.4. The summed E-state index contributed by atoms with van der Waals surface area (Å²) < 4.78 is 6.78. The van der Waals surface area contributed by atoms with Crippen molar-refractivity contribution in [1.82, 2.24) is 14.4 Å². The summed E-state index contributed by atoms with van der Waals surface area (Å²) in [5, 5.41) is 0. The number of aryl methyl sites for hydroxylation is 1. The summed E-state index contributed by atoms with van der Waals surface area (Å²) in [6, 6.07) is 17.2. The number of oxazole rings is 1. The number of carbonyl (C=O) groups excluding carboxylic acids is 1. The quantitative estimate of drug-likeness (QED) is 0.629. The predicted molar refractivity (Wildman–Crippen MR) is 118 cm³/mol. The fraction of sp³-hybridized carbons (Fsp3) is 0.417. The maximum atomic E-state index is 13.2. The third-order valence-corrected chi connectivity index (χ3v) is 5.95. The minimum absolute atomic E-state index is 0.0187. The van der Waals surface area contributed by atoms with Crippen LogP contribution in [0, 0.1) is 0 Å². The molecule has 6 nitrogen and oxygen atoms in total. The molecule has 2 aromatic carbocycles. The molecule has 0 bridgehead atoms. The Labute approximate surface area is 176 Å². The third-order valence-electron chi connectivity index (χ3n) is 5.95. The van der Waals surface area contributed by atoms with Crippen LogP contribution in [0.3, 0.4) is 0 Å². The summed E-state index contributed by atoms with van der Waals surface area (Å²) in [6.07, 6.45) is 3.14. The standard InChI is InChI=1S/C24H29N3O3/c1-19(27-21-12-5-6-13-22(21)30-24(27)29)23(28)26-16-8-15-25(17-18-26)14-7-11-20-9-3-2-4-10-20/h2-6,9-10,12-13,19H,7-8,11,14-18H2,1H3. The van der Waals surface area contributed by atoms with E-state index >= 15 is 0 Å². The zero-order valence-electron chi connectivity index (χ0n) is 17.5. The molecule has 4 rings (SSSR count). The van der Waals surface area contributed by atoms with Crippen LogP contribution in [0.25, 0.3) is 11.1 Å². The van der Waals surface area contributed by atoms with Gasteiger partial charge in [-0.1, -0.05) is 42.5 Å². The van der Waals surface area contributed by atoms with Gasteiger partial charge in [-0.15, -0.1) is 0 Å². The van der Waals surface area contributed by atoms with Gasteiger partial charge in [0.1, 0.15) is 6.04 Å². The summed E-state index contributed by atoms with van der Waals surface area (Å²) in [5.74, 6) is -0.496. The molecule has 0 aliphatic carbocycles. The number of para-hydroxylation sites is 2. The van der Waals surface area contributed by atoms with Gasteiger partial charge in [-0.3, -0.25) is 9.36 Å². The van der Waals surface area contributed by atoms with Gasteiger partial charge in [0.2, 0.25) is 5.91 Å². The van der Waals surface area contributed by atoms with Crippen molar-refractivity contribution in [2.75, 3.05) is 32.7 Å². The van der Waals surface area contributed by atoms with Crippen LogP contribution in [0.15, 0.2) is 63.8 Å². The zero-order chi connectivity index (χ0) is 20.9. The zero-order valence-corrected chi connectivity index (χ0v) is 17.5. The van der Waals surface area contributed by atoms with Crippen molar-refractivity contribution < 1.29 is 9.21 Å². The maximum Gasteiger partial charge on any atom is 0.420 e. The van der Waals surface area contributed by atoms with Crippen LogP contribution in [0.4, 0.5) is 0 Å². The fourth-order valence-corrected chi connectivity index (χ4v) is 4.29. The topological polar surface area (TPSA) is 58.7 Å². The van der Waals surface area contributed by atoms with Gasteiger partial charge in [-0.05, 0) is 57.0 Å². The van der Waals surface area contributed by atoms with Crippen molar-refractivity contribution in [3.63, 3.8) is 0 Å². The van der Waals surface area contributed by atoms with Gasteiger partial charge >= 0.3 is 5.76 Å². The van der Waals surface area contributed by atoms with Crippen molar-refractivity contribution in [2.45, 2.75) is 32.2 Å². The lowest BCUT2D eigenvalue weighted by atomic mass is 10.1. The number of nitrogens with zero attached hydrogens (tertiary/aromatic N) is 3. The van der Waals surface area contributed by atoms with Crippen LogP contribution in [-0.2, 0) is 11.2 Å². The average molecular weight is 408 g/mol. The molecule has 0 N–H and O–H groups in total. The van der Waals surface area contributed by atoms with E-state index in [9.17, 15) is 9.59 Å². The second kappa shape index (κ2) is 9.30. The predicted octanol–water partition coefficient (Wildman–Crippen LogP) is 3.32. The van der Waals surface area contributed by atoms with Gasteiger partial charge in [-0.25, -0.2) is 4.79 Å². The van der Waals surface area contributed by atoms with Gasteiger partial charge in [0.05, 0.1) is 5.52 Å². The molecule has 1 unspecified atom stereocenters. The summed E-state index contributed by atoms with van der Waals surface area (Å²) >= 11 is 0. The Hall–Kier alpha value is -2.86. The molecule has 0 spiro atoms. The van der Waals surface area contributed by atoms with Crippen LogP contribution in [0.5, 0.6) is 0 Å². The highest BCUT2D eigenvalue weighted by Gasteiger charge is 2.27. The highest BCUT2D eigenvalue weighted by atomic mass is 16.4. The minimum Gasteiger partial charge on any atom is -0.408 e. The molecular weight excluding hydrogens is 378 g/mol. The van der Waals surface area contributed by atoms with E-state index in [4.69, 9.17) is 4.42 Å². The van der Waals surface area contributed by atoms with Crippen LogP contribution in [0.2, 0.25) is 0 Å². The van der Waals surface area contributed by atoms with Crippen molar-refractivity contribution in [3.8, 4) is 0 Å². The number of hydrogen-bond donors (Lipinski definition) is 0. The van der Waals surface area contributed by atoms with Gasteiger partial charge < -0.3 is 14.2 Å². The first-order chi connectivity index (χ1) is 14.6. The molecule has 0 saturated carbocycles. The summed E-state index contributed by atoms with van der Waals surface area (Å²) in [4.78, 5) is 29.8. The molecule has 1 aliphatic heterocycles. The van der Waals surface area contributed by atoms with Crippen LogP contribution in [-0.4, -0.2) is 53.0 Å². The Balaban J connectivity index is 1.35. The SMILES string of the molecule is CC(C(=O)N1CCCN(CCCc2ccccc2)CC1)n1c(=O)oc2ccccc21. The van der Waals surface area contributed by atoms with E-state index in [1.165, 1.54) is 10.1 Å². The van der Waals surface area contributed by atoms with E-state index < -0.39 is 11.8 Å². The van der Waals surface area contributed by atoms with E-state index in [0.717, 1.165) is 45.4 Å². The van der Waals surface area contributed by atoms with Crippen LogP contribution >= 0.6 is 0 Å². The third kappa shape index (κ3) is 4.49. The molecule has 1 amide bonds. The van der Waals surface area contributed by atoms with Crippen LogP contribution < -0.4 is 5.76 Å². The smallest absolute Gasteiger partial charge is 0.408 e. The largest absolute Gasteiger partial charge is 0.420 e. The Kier molecular flexibility index (Phi) is 6.33. The highest BCUT2D eigenvalue weighted by Crippen LogP contribution is 2.19. The minimum atomic E-state index is -0.578. The van der Waals surface area contributed by atoms with E-state index in [1.54, 1.807) is 13.0 Å². The van der Waals surface area contributed by atoms with E-state index in [1.807, 2.05) is 29.2 Å². The Bertz CT molecular complexity index is 1040. The number of benzene rings is 2. The van der Waals surface area contributed by atoms with E-state index in [2.05, 4.69) is 29.2 Å². The Morgan fingerprint density at radius 3 is 2.60 bits per heavy atom. The number of hydrogen-bond acceptors (Lipinski definition) is 4. The molecule has 6 heteroatoms. The fourth-order valence-electron chi connectivity index (χ4n) is 4.29. The molecule has 1 aromatic heterocycles. The second-order valence-electron chi connectivity index (χ2n) is 7.99. The lowest BCUT2D eigenvalue weighted by Crippen LogP contribution is -2.40. The summed E-state index contributed by atoms with van der Waals surface area (Å²) in [6.45, 7) is 6.12. The Morgan fingerprint density at radius 2 is 1.77 bits per heavy atom. The van der Waals surface area contributed by atoms with Crippen LogP contribution in [0.1, 0.15) is 31.4 Å². The van der Waals surface area contributed by atoms with Gasteiger partial charge in [0.15, 0.2) is 5.58 Å². The number of carbonyl (C=O) groups is 1.